The summed E-state index contributed by atoms with van der Waals surface area (Å²) in [5, 5.41) is 2.45. The number of amides is 1. The first-order valence-corrected chi connectivity index (χ1v) is 5.42. The van der Waals surface area contributed by atoms with Crippen LogP contribution in [0.1, 0.15) is 19.4 Å². The molecule has 0 saturated heterocycles. The highest BCUT2D eigenvalue weighted by molar-refractivity contribution is 5.84. The van der Waals surface area contributed by atoms with Gasteiger partial charge in [0.05, 0.1) is 5.54 Å². The number of nitrogens with two attached hydrogens (primary N) is 1. The smallest absolute Gasteiger partial charge is 0.239 e. The van der Waals surface area contributed by atoms with Crippen LogP contribution >= 0.6 is 0 Å². The third kappa shape index (κ3) is 3.73. The van der Waals surface area contributed by atoms with E-state index in [1.165, 1.54) is 13.8 Å². The molecule has 0 aromatic heterocycles. The molecule has 18 heavy (non-hydrogen) atoms. The van der Waals surface area contributed by atoms with Crippen molar-refractivity contribution in [3.8, 4) is 0 Å². The van der Waals surface area contributed by atoms with Crippen molar-refractivity contribution in [3.63, 3.8) is 0 Å². The first-order chi connectivity index (χ1) is 8.21. The fourth-order valence-corrected chi connectivity index (χ4v) is 1.34. The van der Waals surface area contributed by atoms with Gasteiger partial charge in [-0.05, 0) is 20.3 Å². The van der Waals surface area contributed by atoms with E-state index in [1.54, 1.807) is 0 Å². The molecular weight excluding hydrogens is 245 g/mol. The predicted molar refractivity (Wildman–Crippen MR) is 61.3 cm³/mol. The lowest BCUT2D eigenvalue weighted by molar-refractivity contribution is -0.125. The molecule has 1 rings (SSSR count). The number of hydrogen-bond donors (Lipinski definition) is 2. The summed E-state index contributed by atoms with van der Waals surface area (Å²) in [5.41, 5.74) is 4.21. The Labute approximate surface area is 103 Å². The normalized spacial score (nSPS) is 11.4. The van der Waals surface area contributed by atoms with Gasteiger partial charge < -0.3 is 11.1 Å². The summed E-state index contributed by atoms with van der Waals surface area (Å²) in [4.78, 5) is 11.4. The maximum Gasteiger partial charge on any atom is 0.239 e. The summed E-state index contributed by atoms with van der Waals surface area (Å²) < 4.78 is 39.2. The van der Waals surface area contributed by atoms with Crippen molar-refractivity contribution >= 4 is 5.91 Å². The monoisotopic (exact) mass is 260 g/mol. The number of halogens is 3. The van der Waals surface area contributed by atoms with Gasteiger partial charge in [0.25, 0.3) is 0 Å². The third-order valence-electron chi connectivity index (χ3n) is 2.35. The highest BCUT2D eigenvalue weighted by atomic mass is 19.1. The second-order valence-corrected chi connectivity index (χ2v) is 4.58. The lowest BCUT2D eigenvalue weighted by Gasteiger charge is -2.17. The van der Waals surface area contributed by atoms with E-state index >= 15 is 0 Å². The zero-order valence-corrected chi connectivity index (χ0v) is 10.2. The minimum absolute atomic E-state index is 0.0267. The molecule has 0 fully saturated rings. The molecule has 1 aromatic rings. The summed E-state index contributed by atoms with van der Waals surface area (Å²) in [6, 6.07) is 1.21. The standard InChI is InChI=1S/C12H15F3N2O/c1-12(2,16)11(18)17-4-3-8-9(14)5-7(13)6-10(8)15/h5-6H,3-4,16H2,1-2H3,(H,17,18). The first-order valence-electron chi connectivity index (χ1n) is 5.42. The van der Waals surface area contributed by atoms with Gasteiger partial charge in [-0.1, -0.05) is 0 Å². The van der Waals surface area contributed by atoms with Gasteiger partial charge in [0.15, 0.2) is 0 Å². The third-order valence-corrected chi connectivity index (χ3v) is 2.35. The minimum atomic E-state index is -1.06. The lowest BCUT2D eigenvalue weighted by atomic mass is 10.1. The van der Waals surface area contributed by atoms with Crippen LogP contribution in [0.3, 0.4) is 0 Å². The number of carbonyl (C=O) groups is 1. The molecule has 0 atom stereocenters. The Morgan fingerprint density at radius 2 is 1.78 bits per heavy atom. The molecule has 3 nitrogen and oxygen atoms in total. The fraction of sp³-hybridized carbons (Fsp3) is 0.417. The van der Waals surface area contributed by atoms with Gasteiger partial charge in [-0.25, -0.2) is 13.2 Å². The number of rotatable bonds is 4. The van der Waals surface area contributed by atoms with Crippen LogP contribution in [0.4, 0.5) is 13.2 Å². The van der Waals surface area contributed by atoms with Crippen molar-refractivity contribution in [1.82, 2.24) is 5.32 Å². The Bertz CT molecular complexity index is 432. The topological polar surface area (TPSA) is 55.1 Å². The van der Waals surface area contributed by atoms with Gasteiger partial charge >= 0.3 is 0 Å². The van der Waals surface area contributed by atoms with Crippen molar-refractivity contribution < 1.29 is 18.0 Å². The van der Waals surface area contributed by atoms with E-state index in [1.807, 2.05) is 0 Å². The van der Waals surface area contributed by atoms with Gasteiger partial charge in [0, 0.05) is 24.2 Å². The van der Waals surface area contributed by atoms with Crippen molar-refractivity contribution in [2.24, 2.45) is 5.73 Å². The SMILES string of the molecule is CC(C)(N)C(=O)NCCc1c(F)cc(F)cc1F. The average molecular weight is 260 g/mol. The van der Waals surface area contributed by atoms with Crippen LogP contribution in [0.5, 0.6) is 0 Å². The van der Waals surface area contributed by atoms with Crippen LogP contribution in [0.15, 0.2) is 12.1 Å². The Morgan fingerprint density at radius 1 is 1.28 bits per heavy atom. The van der Waals surface area contributed by atoms with Crippen LogP contribution in [0, 0.1) is 17.5 Å². The maximum atomic E-state index is 13.3. The number of hydrogen-bond acceptors (Lipinski definition) is 2. The quantitative estimate of drug-likeness (QED) is 0.862. The second kappa shape index (κ2) is 5.39. The van der Waals surface area contributed by atoms with E-state index in [2.05, 4.69) is 5.32 Å². The summed E-state index contributed by atoms with van der Waals surface area (Å²) in [6.07, 6.45) is -0.0697. The molecule has 0 saturated carbocycles. The predicted octanol–water partition coefficient (Wildman–Crippen LogP) is 1.50. The van der Waals surface area contributed by atoms with E-state index in [4.69, 9.17) is 5.73 Å². The molecule has 0 radical (unpaired) electrons. The fourth-order valence-electron chi connectivity index (χ4n) is 1.34. The van der Waals surface area contributed by atoms with Gasteiger partial charge in [0.1, 0.15) is 17.5 Å². The molecule has 0 aliphatic carbocycles. The molecule has 1 aromatic carbocycles. The van der Waals surface area contributed by atoms with Gasteiger partial charge in [-0.15, -0.1) is 0 Å². The van der Waals surface area contributed by atoms with Crippen LogP contribution in [0.2, 0.25) is 0 Å². The summed E-state index contributed by atoms with van der Waals surface area (Å²) in [5.74, 6) is -3.33. The molecule has 0 unspecified atom stereocenters. The Hall–Kier alpha value is -1.56. The second-order valence-electron chi connectivity index (χ2n) is 4.58. The Morgan fingerprint density at radius 3 is 2.22 bits per heavy atom. The minimum Gasteiger partial charge on any atom is -0.354 e. The average Bonchev–Trinajstić information content (AvgIpc) is 2.19. The zero-order chi connectivity index (χ0) is 13.9. The van der Waals surface area contributed by atoms with Crippen LogP contribution < -0.4 is 11.1 Å². The molecule has 1 amide bonds. The Balaban J connectivity index is 2.63. The molecule has 0 aliphatic rings. The number of carbonyl (C=O) groups excluding carboxylic acids is 1. The van der Waals surface area contributed by atoms with E-state index in [0.29, 0.717) is 12.1 Å². The molecule has 0 spiro atoms. The molecule has 0 heterocycles. The van der Waals surface area contributed by atoms with E-state index in [9.17, 15) is 18.0 Å². The highest BCUT2D eigenvalue weighted by Gasteiger charge is 2.21. The van der Waals surface area contributed by atoms with Crippen LogP contribution in [0.25, 0.3) is 0 Å². The largest absolute Gasteiger partial charge is 0.354 e. The van der Waals surface area contributed by atoms with Crippen LogP contribution in [-0.4, -0.2) is 18.0 Å². The molecule has 0 bridgehead atoms. The van der Waals surface area contributed by atoms with E-state index in [0.717, 1.165) is 0 Å². The number of benzene rings is 1. The summed E-state index contributed by atoms with van der Waals surface area (Å²) >= 11 is 0. The Kier molecular flexibility index (Phi) is 4.34. The zero-order valence-electron chi connectivity index (χ0n) is 10.2. The van der Waals surface area contributed by atoms with Gasteiger partial charge in [-0.2, -0.15) is 0 Å². The summed E-state index contributed by atoms with van der Waals surface area (Å²) in [6.45, 7) is 3.06. The van der Waals surface area contributed by atoms with Gasteiger partial charge in [-0.3, -0.25) is 4.79 Å². The maximum absolute atomic E-state index is 13.3. The van der Waals surface area contributed by atoms with Crippen molar-refractivity contribution in [2.75, 3.05) is 6.54 Å². The van der Waals surface area contributed by atoms with Crippen molar-refractivity contribution in [2.45, 2.75) is 25.8 Å². The lowest BCUT2D eigenvalue weighted by Crippen LogP contribution is -2.49. The van der Waals surface area contributed by atoms with E-state index in [-0.39, 0.29) is 18.5 Å². The summed E-state index contributed by atoms with van der Waals surface area (Å²) in [7, 11) is 0. The first kappa shape index (κ1) is 14.5. The van der Waals surface area contributed by atoms with Crippen molar-refractivity contribution in [3.05, 3.63) is 35.1 Å². The highest BCUT2D eigenvalue weighted by Crippen LogP contribution is 2.14. The molecule has 100 valence electrons. The van der Waals surface area contributed by atoms with Gasteiger partial charge in [0.2, 0.25) is 5.91 Å². The van der Waals surface area contributed by atoms with Crippen LogP contribution in [-0.2, 0) is 11.2 Å². The molecule has 6 heteroatoms. The van der Waals surface area contributed by atoms with E-state index < -0.39 is 28.9 Å². The molecular formula is C12H15F3N2O. The van der Waals surface area contributed by atoms with Crippen molar-refractivity contribution in [1.29, 1.82) is 0 Å². The molecule has 0 aliphatic heterocycles. The molecule has 3 N–H and O–H groups in total. The number of nitrogens with one attached hydrogen (secondary N) is 1.